The van der Waals surface area contributed by atoms with E-state index in [9.17, 15) is 4.79 Å². The number of carbonyl (C=O) groups is 1. The summed E-state index contributed by atoms with van der Waals surface area (Å²) in [6.07, 6.45) is 1.68. The zero-order valence-corrected chi connectivity index (χ0v) is 10.6. The Labute approximate surface area is 110 Å². The number of carboxylic acid groups (broad SMARTS) is 1. The fourth-order valence-corrected chi connectivity index (χ4v) is 2.51. The van der Waals surface area contributed by atoms with Crippen LogP contribution in [0.1, 0.15) is 15.9 Å². The van der Waals surface area contributed by atoms with Crippen molar-refractivity contribution in [3.8, 4) is 0 Å². The molecule has 19 heavy (non-hydrogen) atoms. The Hall–Kier alpha value is -1.85. The van der Waals surface area contributed by atoms with Crippen LogP contribution in [0.25, 0.3) is 11.0 Å². The number of para-hydroxylation sites is 1. The lowest BCUT2D eigenvalue weighted by Gasteiger charge is -2.26. The average molecular weight is 260 g/mol. The van der Waals surface area contributed by atoms with Crippen molar-refractivity contribution in [2.24, 2.45) is 0 Å². The third kappa shape index (κ3) is 2.34. The topological polar surface area (TPSA) is 65.7 Å². The molecule has 0 atom stereocenters. The molecule has 1 aliphatic rings. The maximum atomic E-state index is 11.1. The monoisotopic (exact) mass is 260 g/mol. The quantitative estimate of drug-likeness (QED) is 0.876. The van der Waals surface area contributed by atoms with Gasteiger partial charge in [-0.05, 0) is 6.07 Å². The molecule has 0 saturated carbocycles. The Bertz CT molecular complexity index is 600. The van der Waals surface area contributed by atoms with E-state index in [0.29, 0.717) is 5.58 Å². The summed E-state index contributed by atoms with van der Waals surface area (Å²) in [6.45, 7) is 4.81. The Kier molecular flexibility index (Phi) is 3.23. The lowest BCUT2D eigenvalue weighted by molar-refractivity contribution is 0.0698. The predicted molar refractivity (Wildman–Crippen MR) is 71.3 cm³/mol. The molecular weight excluding hydrogens is 244 g/mol. The second-order valence-electron chi connectivity index (χ2n) is 4.77. The summed E-state index contributed by atoms with van der Waals surface area (Å²) in [5.41, 5.74) is 1.75. The number of carboxylic acids is 1. The number of piperazine rings is 1. The first-order chi connectivity index (χ1) is 9.25. The van der Waals surface area contributed by atoms with Crippen molar-refractivity contribution in [2.75, 3.05) is 26.2 Å². The molecule has 1 aromatic heterocycles. The van der Waals surface area contributed by atoms with Crippen molar-refractivity contribution in [1.29, 1.82) is 0 Å². The Morgan fingerprint density at radius 3 is 2.89 bits per heavy atom. The molecule has 1 aromatic carbocycles. The molecule has 0 unspecified atom stereocenters. The molecule has 3 rings (SSSR count). The minimum atomic E-state index is -0.950. The van der Waals surface area contributed by atoms with Crippen LogP contribution < -0.4 is 5.32 Å². The molecule has 1 saturated heterocycles. The summed E-state index contributed by atoms with van der Waals surface area (Å²) in [6, 6.07) is 5.26. The van der Waals surface area contributed by atoms with Crippen LogP contribution in [0.4, 0.5) is 0 Å². The second kappa shape index (κ2) is 5.03. The number of fused-ring (bicyclic) bond motifs is 1. The lowest BCUT2D eigenvalue weighted by atomic mass is 10.1. The van der Waals surface area contributed by atoms with Crippen molar-refractivity contribution in [2.45, 2.75) is 6.54 Å². The van der Waals surface area contributed by atoms with Crippen LogP contribution in [0.2, 0.25) is 0 Å². The van der Waals surface area contributed by atoms with Crippen molar-refractivity contribution in [3.63, 3.8) is 0 Å². The summed E-state index contributed by atoms with van der Waals surface area (Å²) < 4.78 is 5.46. The maximum Gasteiger partial charge on any atom is 0.339 e. The Morgan fingerprint density at radius 1 is 1.37 bits per heavy atom. The highest BCUT2D eigenvalue weighted by Gasteiger charge is 2.17. The van der Waals surface area contributed by atoms with Gasteiger partial charge in [0.05, 0.1) is 6.26 Å². The minimum Gasteiger partial charge on any atom is -0.478 e. The van der Waals surface area contributed by atoms with Crippen LogP contribution in [0.15, 0.2) is 28.9 Å². The van der Waals surface area contributed by atoms with Gasteiger partial charge in [0.1, 0.15) is 11.1 Å². The number of hydrogen-bond donors (Lipinski definition) is 2. The fourth-order valence-electron chi connectivity index (χ4n) is 2.51. The molecule has 2 N–H and O–H groups in total. The molecule has 0 bridgehead atoms. The highest BCUT2D eigenvalue weighted by Crippen LogP contribution is 2.25. The van der Waals surface area contributed by atoms with Gasteiger partial charge in [0, 0.05) is 43.7 Å². The van der Waals surface area contributed by atoms with Gasteiger partial charge in [-0.1, -0.05) is 12.1 Å². The summed E-state index contributed by atoms with van der Waals surface area (Å²) >= 11 is 0. The van der Waals surface area contributed by atoms with Crippen LogP contribution in [-0.2, 0) is 6.54 Å². The van der Waals surface area contributed by atoms with Crippen LogP contribution >= 0.6 is 0 Å². The third-order valence-corrected chi connectivity index (χ3v) is 3.51. The van der Waals surface area contributed by atoms with E-state index < -0.39 is 5.97 Å². The first-order valence-electron chi connectivity index (χ1n) is 6.41. The first kappa shape index (κ1) is 12.2. The number of nitrogens with zero attached hydrogens (tertiary/aromatic N) is 1. The van der Waals surface area contributed by atoms with Crippen molar-refractivity contribution in [1.82, 2.24) is 10.2 Å². The normalized spacial score (nSPS) is 16.8. The van der Waals surface area contributed by atoms with Gasteiger partial charge in [0.15, 0.2) is 0 Å². The van der Waals surface area contributed by atoms with Gasteiger partial charge in [-0.3, -0.25) is 4.90 Å². The lowest BCUT2D eigenvalue weighted by Crippen LogP contribution is -2.42. The minimum absolute atomic E-state index is 0.226. The molecule has 1 fully saturated rings. The molecule has 0 spiro atoms. The average Bonchev–Trinajstić information content (AvgIpc) is 2.83. The zero-order valence-electron chi connectivity index (χ0n) is 10.6. The smallest absolute Gasteiger partial charge is 0.339 e. The number of rotatable bonds is 3. The number of nitrogens with one attached hydrogen (secondary N) is 1. The summed E-state index contributed by atoms with van der Waals surface area (Å²) in [5, 5.41) is 13.3. The molecule has 2 aromatic rings. The van der Waals surface area contributed by atoms with Gasteiger partial charge in [-0.2, -0.15) is 0 Å². The Morgan fingerprint density at radius 2 is 2.16 bits per heavy atom. The Balaban J connectivity index is 1.92. The van der Waals surface area contributed by atoms with Gasteiger partial charge in [-0.15, -0.1) is 0 Å². The first-order valence-corrected chi connectivity index (χ1v) is 6.41. The molecule has 0 amide bonds. The van der Waals surface area contributed by atoms with E-state index in [1.807, 2.05) is 6.07 Å². The maximum absolute atomic E-state index is 11.1. The van der Waals surface area contributed by atoms with Gasteiger partial charge < -0.3 is 14.8 Å². The van der Waals surface area contributed by atoms with E-state index in [4.69, 9.17) is 9.52 Å². The number of aromatic carboxylic acids is 1. The highest BCUT2D eigenvalue weighted by molar-refractivity contribution is 6.01. The standard InChI is InChI=1S/C14H16N2O3/c17-14(18)12-3-1-2-11-10(9-19-13(11)12)8-16-6-4-15-5-7-16/h1-3,9,15H,4-8H2,(H,17,18). The predicted octanol–water partition coefficient (Wildman–Crippen LogP) is 1.54. The molecule has 5 heteroatoms. The van der Waals surface area contributed by atoms with E-state index in [1.165, 1.54) is 0 Å². The molecule has 0 radical (unpaired) electrons. The van der Waals surface area contributed by atoms with Gasteiger partial charge >= 0.3 is 5.97 Å². The van der Waals surface area contributed by atoms with E-state index >= 15 is 0 Å². The summed E-state index contributed by atoms with van der Waals surface area (Å²) in [5.74, 6) is -0.950. The summed E-state index contributed by atoms with van der Waals surface area (Å²) in [4.78, 5) is 13.5. The zero-order chi connectivity index (χ0) is 13.2. The molecule has 5 nitrogen and oxygen atoms in total. The van der Waals surface area contributed by atoms with Crippen molar-refractivity contribution >= 4 is 16.9 Å². The SMILES string of the molecule is O=C(O)c1cccc2c(CN3CCNCC3)coc12. The van der Waals surface area contributed by atoms with Crippen LogP contribution in [0.5, 0.6) is 0 Å². The number of furan rings is 1. The highest BCUT2D eigenvalue weighted by atomic mass is 16.4. The van der Waals surface area contributed by atoms with E-state index in [1.54, 1.807) is 18.4 Å². The van der Waals surface area contributed by atoms with Crippen molar-refractivity contribution in [3.05, 3.63) is 35.6 Å². The molecule has 0 aliphatic carbocycles. The molecular formula is C14H16N2O3. The fraction of sp³-hybridized carbons (Fsp3) is 0.357. The third-order valence-electron chi connectivity index (χ3n) is 3.51. The van der Waals surface area contributed by atoms with E-state index in [0.717, 1.165) is 43.7 Å². The number of benzene rings is 1. The van der Waals surface area contributed by atoms with Crippen LogP contribution in [0.3, 0.4) is 0 Å². The van der Waals surface area contributed by atoms with E-state index in [2.05, 4.69) is 10.2 Å². The molecule has 1 aliphatic heterocycles. The van der Waals surface area contributed by atoms with Gasteiger partial charge in [-0.25, -0.2) is 4.79 Å². The molecule has 100 valence electrons. The largest absolute Gasteiger partial charge is 0.478 e. The second-order valence-corrected chi connectivity index (χ2v) is 4.77. The van der Waals surface area contributed by atoms with Gasteiger partial charge in [0.25, 0.3) is 0 Å². The molecule has 2 heterocycles. The van der Waals surface area contributed by atoms with Gasteiger partial charge in [0.2, 0.25) is 0 Å². The van der Waals surface area contributed by atoms with Crippen LogP contribution in [-0.4, -0.2) is 42.2 Å². The van der Waals surface area contributed by atoms with Crippen LogP contribution in [0, 0.1) is 0 Å². The van der Waals surface area contributed by atoms with Crippen molar-refractivity contribution < 1.29 is 14.3 Å². The summed E-state index contributed by atoms with van der Waals surface area (Å²) in [7, 11) is 0. The number of hydrogen-bond acceptors (Lipinski definition) is 4. The van der Waals surface area contributed by atoms with E-state index in [-0.39, 0.29) is 5.56 Å².